The van der Waals surface area contributed by atoms with E-state index in [1.807, 2.05) is 18.2 Å². The van der Waals surface area contributed by atoms with Gasteiger partial charge in [-0.05, 0) is 55.2 Å². The topological polar surface area (TPSA) is 77.2 Å². The number of halogens is 1. The van der Waals surface area contributed by atoms with Crippen LogP contribution >= 0.6 is 0 Å². The molecule has 0 saturated heterocycles. The third kappa shape index (κ3) is 5.39. The van der Waals surface area contributed by atoms with Crippen molar-refractivity contribution in [3.63, 3.8) is 0 Å². The van der Waals surface area contributed by atoms with Gasteiger partial charge in [-0.2, -0.15) is 4.98 Å². The Kier molecular flexibility index (Phi) is 6.73. The molecule has 2 aromatic carbocycles. The zero-order valence-corrected chi connectivity index (χ0v) is 15.7. The quantitative estimate of drug-likeness (QED) is 0.572. The Hall–Kier alpha value is -3.22. The van der Waals surface area contributed by atoms with Crippen molar-refractivity contribution in [1.82, 2.24) is 15.5 Å². The number of hydrogen-bond acceptors (Lipinski definition) is 5. The Bertz CT molecular complexity index is 909. The van der Waals surface area contributed by atoms with E-state index in [2.05, 4.69) is 15.5 Å². The minimum atomic E-state index is -0.185. The van der Waals surface area contributed by atoms with Crippen LogP contribution in [-0.2, 0) is 17.6 Å². The molecule has 0 unspecified atom stereocenters. The van der Waals surface area contributed by atoms with Crippen molar-refractivity contribution in [3.05, 3.63) is 65.8 Å². The monoisotopic (exact) mass is 383 g/mol. The fourth-order valence-corrected chi connectivity index (χ4v) is 2.75. The fourth-order valence-electron chi connectivity index (χ4n) is 2.75. The number of ether oxygens (including phenoxy) is 1. The van der Waals surface area contributed by atoms with Gasteiger partial charge in [0.1, 0.15) is 18.0 Å². The second-order valence-corrected chi connectivity index (χ2v) is 6.32. The molecule has 0 aliphatic rings. The first-order valence-electron chi connectivity index (χ1n) is 9.13. The van der Waals surface area contributed by atoms with Crippen LogP contribution in [0.25, 0.3) is 11.4 Å². The average molecular weight is 383 g/mol. The Morgan fingerprint density at radius 3 is 2.68 bits per heavy atom. The zero-order chi connectivity index (χ0) is 19.8. The predicted octanol–water partition coefficient (Wildman–Crippen LogP) is 3.57. The number of methoxy groups -OCH3 is 1. The lowest BCUT2D eigenvalue weighted by atomic mass is 10.1. The highest BCUT2D eigenvalue weighted by Crippen LogP contribution is 2.19. The molecule has 1 aromatic heterocycles. The van der Waals surface area contributed by atoms with Crippen LogP contribution in [0.15, 0.2) is 53.1 Å². The summed E-state index contributed by atoms with van der Waals surface area (Å²) in [5.41, 5.74) is 1.48. The van der Waals surface area contributed by atoms with E-state index in [1.165, 1.54) is 6.07 Å². The van der Waals surface area contributed by atoms with Crippen molar-refractivity contribution in [3.8, 4) is 17.1 Å². The van der Waals surface area contributed by atoms with Crippen LogP contribution in [0.2, 0.25) is 0 Å². The third-order valence-electron chi connectivity index (χ3n) is 4.28. The molecule has 28 heavy (non-hydrogen) atoms. The van der Waals surface area contributed by atoms with E-state index in [1.54, 1.807) is 31.4 Å². The summed E-state index contributed by atoms with van der Waals surface area (Å²) in [5.74, 6) is 1.05. The van der Waals surface area contributed by atoms with Crippen LogP contribution in [0.5, 0.6) is 5.75 Å². The summed E-state index contributed by atoms with van der Waals surface area (Å²) in [4.78, 5) is 16.3. The van der Waals surface area contributed by atoms with Crippen molar-refractivity contribution in [2.75, 3.05) is 13.7 Å². The van der Waals surface area contributed by atoms with Crippen molar-refractivity contribution in [1.29, 1.82) is 0 Å². The van der Waals surface area contributed by atoms with Gasteiger partial charge >= 0.3 is 0 Å². The highest BCUT2D eigenvalue weighted by atomic mass is 19.1. The number of nitrogens with one attached hydrogen (secondary N) is 1. The number of carbonyl (C=O) groups excluding carboxylic acids is 1. The van der Waals surface area contributed by atoms with Gasteiger partial charge in [-0.3, -0.25) is 4.79 Å². The second-order valence-electron chi connectivity index (χ2n) is 6.32. The molecule has 1 amide bonds. The number of hydrogen-bond donors (Lipinski definition) is 1. The molecule has 6 nitrogen and oxygen atoms in total. The number of nitrogens with zero attached hydrogens (tertiary/aromatic N) is 2. The average Bonchev–Trinajstić information content (AvgIpc) is 3.17. The predicted molar refractivity (Wildman–Crippen MR) is 102 cm³/mol. The Labute approximate surface area is 162 Å². The number of benzene rings is 2. The number of carbonyl (C=O) groups is 1. The molecule has 0 aliphatic carbocycles. The Morgan fingerprint density at radius 2 is 1.93 bits per heavy atom. The van der Waals surface area contributed by atoms with Crippen LogP contribution in [0.1, 0.15) is 24.3 Å². The maximum atomic E-state index is 13.5. The summed E-state index contributed by atoms with van der Waals surface area (Å²) >= 11 is 0. The van der Waals surface area contributed by atoms with Crippen LogP contribution < -0.4 is 10.1 Å². The van der Waals surface area contributed by atoms with Crippen LogP contribution in [0, 0.1) is 5.82 Å². The maximum Gasteiger partial charge on any atom is 0.236 e. The van der Waals surface area contributed by atoms with E-state index >= 15 is 0 Å². The summed E-state index contributed by atoms with van der Waals surface area (Å²) < 4.78 is 23.8. The molecule has 1 heterocycles. The first kappa shape index (κ1) is 19.5. The van der Waals surface area contributed by atoms with Gasteiger partial charge in [0.25, 0.3) is 0 Å². The van der Waals surface area contributed by atoms with E-state index in [9.17, 15) is 9.18 Å². The van der Waals surface area contributed by atoms with Gasteiger partial charge in [0, 0.05) is 12.1 Å². The minimum Gasteiger partial charge on any atom is -0.497 e. The number of aromatic nitrogens is 2. The number of unbranched alkanes of at least 4 members (excludes halogenated alkanes) is 1. The van der Waals surface area contributed by atoms with E-state index in [4.69, 9.17) is 9.26 Å². The third-order valence-corrected chi connectivity index (χ3v) is 4.28. The summed E-state index contributed by atoms with van der Waals surface area (Å²) in [6.45, 7) is 0.521. The molecule has 0 fully saturated rings. The molecule has 0 spiro atoms. The SMILES string of the molecule is COc1ccc(-c2noc(CC(=O)NCCCCc3ccccc3F)n2)cc1. The molecule has 7 heteroatoms. The summed E-state index contributed by atoms with van der Waals surface area (Å²) in [6.07, 6.45) is 2.23. The molecule has 0 radical (unpaired) electrons. The van der Waals surface area contributed by atoms with E-state index < -0.39 is 0 Å². The minimum absolute atomic E-state index is 0.0243. The smallest absolute Gasteiger partial charge is 0.236 e. The lowest BCUT2D eigenvalue weighted by Gasteiger charge is -2.04. The van der Waals surface area contributed by atoms with Crippen LogP contribution in [0.3, 0.4) is 0 Å². The Morgan fingerprint density at radius 1 is 1.14 bits per heavy atom. The molecular formula is C21H22FN3O3. The van der Waals surface area contributed by atoms with Gasteiger partial charge in [-0.1, -0.05) is 23.4 Å². The zero-order valence-electron chi connectivity index (χ0n) is 15.7. The standard InChI is InChI=1S/C21H22FN3O3/c1-27-17-11-9-16(10-12-17)21-24-20(28-25-21)14-19(26)23-13-5-4-7-15-6-2-3-8-18(15)22/h2-3,6,8-12H,4-5,7,13-14H2,1H3,(H,23,26). The maximum absolute atomic E-state index is 13.5. The van der Waals surface area contributed by atoms with Crippen molar-refractivity contribution < 1.29 is 18.4 Å². The molecule has 146 valence electrons. The molecule has 0 atom stereocenters. The molecule has 3 aromatic rings. The van der Waals surface area contributed by atoms with Gasteiger partial charge in [-0.25, -0.2) is 4.39 Å². The van der Waals surface area contributed by atoms with Gasteiger partial charge in [0.2, 0.25) is 17.6 Å². The number of rotatable bonds is 9. The number of amides is 1. The highest BCUT2D eigenvalue weighted by Gasteiger charge is 2.12. The molecule has 3 rings (SSSR count). The summed E-state index contributed by atoms with van der Waals surface area (Å²) in [5, 5.41) is 6.72. The van der Waals surface area contributed by atoms with Gasteiger partial charge < -0.3 is 14.6 Å². The highest BCUT2D eigenvalue weighted by molar-refractivity contribution is 5.77. The van der Waals surface area contributed by atoms with Gasteiger partial charge in [0.05, 0.1) is 7.11 Å². The lowest BCUT2D eigenvalue weighted by molar-refractivity contribution is -0.120. The van der Waals surface area contributed by atoms with E-state index in [0.717, 1.165) is 24.2 Å². The summed E-state index contributed by atoms with van der Waals surface area (Å²) in [6, 6.07) is 14.0. The van der Waals surface area contributed by atoms with Crippen molar-refractivity contribution in [2.24, 2.45) is 0 Å². The fraction of sp³-hybridized carbons (Fsp3) is 0.286. The van der Waals surface area contributed by atoms with E-state index in [-0.39, 0.29) is 24.0 Å². The van der Waals surface area contributed by atoms with Gasteiger partial charge in [-0.15, -0.1) is 0 Å². The lowest BCUT2D eigenvalue weighted by Crippen LogP contribution is -2.26. The molecule has 0 saturated carbocycles. The van der Waals surface area contributed by atoms with E-state index in [0.29, 0.717) is 24.4 Å². The first-order chi connectivity index (χ1) is 13.7. The number of aryl methyl sites for hydroxylation is 1. The molecule has 1 N–H and O–H groups in total. The van der Waals surface area contributed by atoms with Gasteiger partial charge in [0.15, 0.2) is 0 Å². The molecular weight excluding hydrogens is 361 g/mol. The van der Waals surface area contributed by atoms with Crippen molar-refractivity contribution >= 4 is 5.91 Å². The Balaban J connectivity index is 1.40. The van der Waals surface area contributed by atoms with Crippen LogP contribution in [-0.4, -0.2) is 29.7 Å². The largest absolute Gasteiger partial charge is 0.497 e. The first-order valence-corrected chi connectivity index (χ1v) is 9.13. The van der Waals surface area contributed by atoms with Crippen molar-refractivity contribution in [2.45, 2.75) is 25.7 Å². The molecule has 0 aliphatic heterocycles. The summed E-state index contributed by atoms with van der Waals surface area (Å²) in [7, 11) is 1.60. The normalized spacial score (nSPS) is 10.6. The van der Waals surface area contributed by atoms with Crippen LogP contribution in [0.4, 0.5) is 4.39 Å². The molecule has 0 bridgehead atoms. The second kappa shape index (κ2) is 9.64.